The van der Waals surface area contributed by atoms with Crippen LogP contribution in [0.4, 0.5) is 0 Å². The van der Waals surface area contributed by atoms with Gasteiger partial charge in [0.15, 0.2) is 0 Å². The van der Waals surface area contributed by atoms with Crippen molar-refractivity contribution in [2.24, 2.45) is 0 Å². The van der Waals surface area contributed by atoms with Crippen molar-refractivity contribution < 1.29 is 4.79 Å². The summed E-state index contributed by atoms with van der Waals surface area (Å²) >= 11 is 1.44. The Morgan fingerprint density at radius 3 is 2.95 bits per heavy atom. The van der Waals surface area contributed by atoms with Crippen molar-refractivity contribution in [1.29, 1.82) is 0 Å². The summed E-state index contributed by atoms with van der Waals surface area (Å²) in [6.45, 7) is 5.51. The van der Waals surface area contributed by atoms with Crippen LogP contribution < -0.4 is 5.32 Å². The highest BCUT2D eigenvalue weighted by Gasteiger charge is 2.15. The van der Waals surface area contributed by atoms with E-state index >= 15 is 0 Å². The number of carbonyl (C=O) groups excluding carboxylic acids is 1. The van der Waals surface area contributed by atoms with Gasteiger partial charge in [0.1, 0.15) is 4.88 Å². The minimum absolute atomic E-state index is 0.0157. The van der Waals surface area contributed by atoms with Gasteiger partial charge < -0.3 is 5.32 Å². The number of nitrogens with zero attached hydrogens (tertiary/aromatic N) is 2. The molecule has 0 saturated carbocycles. The molecule has 21 heavy (non-hydrogen) atoms. The molecule has 1 aliphatic heterocycles. The first-order valence-corrected chi connectivity index (χ1v) is 8.04. The lowest BCUT2D eigenvalue weighted by Crippen LogP contribution is -2.37. The van der Waals surface area contributed by atoms with Gasteiger partial charge in [0.25, 0.3) is 5.91 Å². The molecule has 0 radical (unpaired) electrons. The summed E-state index contributed by atoms with van der Waals surface area (Å²) < 4.78 is 0. The number of carbonyl (C=O) groups is 1. The van der Waals surface area contributed by atoms with E-state index in [1.165, 1.54) is 22.5 Å². The molecule has 0 unspecified atom stereocenters. The molecule has 1 aliphatic rings. The van der Waals surface area contributed by atoms with E-state index < -0.39 is 0 Å². The van der Waals surface area contributed by atoms with E-state index in [1.54, 1.807) is 6.20 Å². The van der Waals surface area contributed by atoms with Crippen LogP contribution in [0.5, 0.6) is 0 Å². The summed E-state index contributed by atoms with van der Waals surface area (Å²) in [5.41, 5.74) is 2.87. The molecule has 2 aromatic rings. The van der Waals surface area contributed by atoms with Crippen LogP contribution >= 0.6 is 11.3 Å². The van der Waals surface area contributed by atoms with Crippen LogP contribution in [-0.4, -0.2) is 35.4 Å². The fraction of sp³-hybridized carbons (Fsp3) is 0.375. The Morgan fingerprint density at radius 1 is 1.38 bits per heavy atom. The third-order valence-corrected chi connectivity index (χ3v) is 4.68. The topological polar surface area (TPSA) is 45.2 Å². The van der Waals surface area contributed by atoms with Gasteiger partial charge in [-0.05, 0) is 24.5 Å². The Morgan fingerprint density at radius 2 is 2.19 bits per heavy atom. The zero-order valence-corrected chi connectivity index (χ0v) is 12.9. The number of aryl methyl sites for hydroxylation is 1. The van der Waals surface area contributed by atoms with Crippen molar-refractivity contribution in [3.63, 3.8) is 0 Å². The minimum Gasteiger partial charge on any atom is -0.350 e. The van der Waals surface area contributed by atoms with Gasteiger partial charge in [0.2, 0.25) is 0 Å². The maximum Gasteiger partial charge on any atom is 0.263 e. The number of fused-ring (bicyclic) bond motifs is 1. The van der Waals surface area contributed by atoms with Crippen LogP contribution in [0.1, 0.15) is 25.8 Å². The van der Waals surface area contributed by atoms with Gasteiger partial charge in [-0.25, -0.2) is 4.98 Å². The lowest BCUT2D eigenvalue weighted by Gasteiger charge is -2.28. The SMILES string of the molecule is Cc1ncc(C(=O)NCCN2CCc3ccccc3C2)s1. The van der Waals surface area contributed by atoms with Crippen molar-refractivity contribution in [2.45, 2.75) is 19.9 Å². The first kappa shape index (κ1) is 14.2. The third-order valence-electron chi connectivity index (χ3n) is 3.77. The second kappa shape index (κ2) is 6.37. The van der Waals surface area contributed by atoms with Crippen LogP contribution in [0.2, 0.25) is 0 Å². The fourth-order valence-corrected chi connectivity index (χ4v) is 3.32. The quantitative estimate of drug-likeness (QED) is 0.942. The number of aromatic nitrogens is 1. The Balaban J connectivity index is 1.47. The smallest absolute Gasteiger partial charge is 0.263 e. The van der Waals surface area contributed by atoms with Crippen molar-refractivity contribution >= 4 is 17.2 Å². The second-order valence-corrected chi connectivity index (χ2v) is 6.53. The number of amides is 1. The molecule has 2 heterocycles. The van der Waals surface area contributed by atoms with Crippen LogP contribution in [0, 0.1) is 6.92 Å². The van der Waals surface area contributed by atoms with E-state index in [9.17, 15) is 4.79 Å². The summed E-state index contributed by atoms with van der Waals surface area (Å²) in [4.78, 5) is 19.1. The Bertz CT molecular complexity index is 638. The molecule has 4 nitrogen and oxygen atoms in total. The van der Waals surface area contributed by atoms with Gasteiger partial charge in [0, 0.05) is 26.2 Å². The molecule has 110 valence electrons. The molecule has 1 aromatic heterocycles. The monoisotopic (exact) mass is 301 g/mol. The summed E-state index contributed by atoms with van der Waals surface area (Å²) in [5, 5.41) is 3.90. The molecule has 1 aromatic carbocycles. The Labute approximate surface area is 128 Å². The van der Waals surface area contributed by atoms with E-state index in [2.05, 4.69) is 39.5 Å². The van der Waals surface area contributed by atoms with E-state index in [0.29, 0.717) is 11.4 Å². The molecule has 0 bridgehead atoms. The van der Waals surface area contributed by atoms with Crippen molar-refractivity contribution in [2.75, 3.05) is 19.6 Å². The first-order chi connectivity index (χ1) is 10.2. The number of hydrogen-bond donors (Lipinski definition) is 1. The molecule has 0 fully saturated rings. The average Bonchev–Trinajstić information content (AvgIpc) is 2.94. The van der Waals surface area contributed by atoms with E-state index in [0.717, 1.165) is 31.1 Å². The average molecular weight is 301 g/mol. The summed E-state index contributed by atoms with van der Waals surface area (Å²) in [6, 6.07) is 8.60. The van der Waals surface area contributed by atoms with E-state index in [-0.39, 0.29) is 5.91 Å². The van der Waals surface area contributed by atoms with Gasteiger partial charge >= 0.3 is 0 Å². The maximum atomic E-state index is 11.9. The number of benzene rings is 1. The molecule has 3 rings (SSSR count). The summed E-state index contributed by atoms with van der Waals surface area (Å²) in [6.07, 6.45) is 2.74. The number of nitrogens with one attached hydrogen (secondary N) is 1. The molecule has 1 amide bonds. The van der Waals surface area contributed by atoms with Crippen LogP contribution in [-0.2, 0) is 13.0 Å². The molecular weight excluding hydrogens is 282 g/mol. The number of rotatable bonds is 4. The standard InChI is InChI=1S/C16H19N3OS/c1-12-18-10-15(21-12)16(20)17-7-9-19-8-6-13-4-2-3-5-14(13)11-19/h2-5,10H,6-9,11H2,1H3,(H,17,20). The highest BCUT2D eigenvalue weighted by atomic mass is 32.1. The van der Waals surface area contributed by atoms with Crippen molar-refractivity contribution in [3.8, 4) is 0 Å². The fourth-order valence-electron chi connectivity index (χ4n) is 2.63. The van der Waals surface area contributed by atoms with Crippen molar-refractivity contribution in [3.05, 3.63) is 51.5 Å². The zero-order valence-electron chi connectivity index (χ0n) is 12.1. The summed E-state index contributed by atoms with van der Waals surface area (Å²) in [7, 11) is 0. The molecule has 5 heteroatoms. The Kier molecular flexibility index (Phi) is 4.31. The molecule has 1 N–H and O–H groups in total. The van der Waals surface area contributed by atoms with Crippen LogP contribution in [0.25, 0.3) is 0 Å². The van der Waals surface area contributed by atoms with Gasteiger partial charge in [-0.1, -0.05) is 24.3 Å². The van der Waals surface area contributed by atoms with Crippen LogP contribution in [0.3, 0.4) is 0 Å². The zero-order chi connectivity index (χ0) is 14.7. The number of thiazole rings is 1. The molecule has 0 atom stereocenters. The highest BCUT2D eigenvalue weighted by molar-refractivity contribution is 7.13. The third kappa shape index (κ3) is 3.49. The van der Waals surface area contributed by atoms with Gasteiger partial charge in [0.05, 0.1) is 11.2 Å². The van der Waals surface area contributed by atoms with Gasteiger partial charge in [-0.3, -0.25) is 9.69 Å². The predicted molar refractivity (Wildman–Crippen MR) is 84.6 cm³/mol. The van der Waals surface area contributed by atoms with Gasteiger partial charge in [-0.15, -0.1) is 11.3 Å². The largest absolute Gasteiger partial charge is 0.350 e. The predicted octanol–water partition coefficient (Wildman–Crippen LogP) is 2.24. The molecular formula is C16H19N3OS. The highest BCUT2D eigenvalue weighted by Crippen LogP contribution is 2.17. The number of hydrogen-bond acceptors (Lipinski definition) is 4. The second-order valence-electron chi connectivity index (χ2n) is 5.29. The molecule has 0 spiro atoms. The summed E-state index contributed by atoms with van der Waals surface area (Å²) in [5.74, 6) is -0.0157. The minimum atomic E-state index is -0.0157. The van der Waals surface area contributed by atoms with Crippen LogP contribution in [0.15, 0.2) is 30.5 Å². The molecule has 0 saturated heterocycles. The lowest BCUT2D eigenvalue weighted by atomic mass is 10.00. The lowest BCUT2D eigenvalue weighted by molar-refractivity contribution is 0.0951. The maximum absolute atomic E-state index is 11.9. The van der Waals surface area contributed by atoms with Crippen molar-refractivity contribution in [1.82, 2.24) is 15.2 Å². The first-order valence-electron chi connectivity index (χ1n) is 7.22. The van der Waals surface area contributed by atoms with E-state index in [1.807, 2.05) is 6.92 Å². The molecule has 0 aliphatic carbocycles. The Hall–Kier alpha value is -1.72. The van der Waals surface area contributed by atoms with E-state index in [4.69, 9.17) is 0 Å². The normalized spacial score (nSPS) is 14.7. The van der Waals surface area contributed by atoms with Gasteiger partial charge in [-0.2, -0.15) is 0 Å².